The van der Waals surface area contributed by atoms with Gasteiger partial charge in [-0.15, -0.1) is 0 Å². The van der Waals surface area contributed by atoms with E-state index >= 15 is 0 Å². The third-order valence-corrected chi connectivity index (χ3v) is 3.54. The van der Waals surface area contributed by atoms with Crippen molar-refractivity contribution in [3.8, 4) is 0 Å². The van der Waals surface area contributed by atoms with E-state index < -0.39 is 0 Å². The van der Waals surface area contributed by atoms with Crippen molar-refractivity contribution in [2.45, 2.75) is 45.1 Å². The molecule has 0 amide bonds. The van der Waals surface area contributed by atoms with E-state index in [0.29, 0.717) is 6.04 Å². The zero-order valence-electron chi connectivity index (χ0n) is 10.2. The van der Waals surface area contributed by atoms with E-state index in [4.69, 9.17) is 0 Å². The normalized spacial score (nSPS) is 18.1. The standard InChI is InChI=1S/C14H22N2/c1-2-5-14(13-8-4-9-15-11-13)16-10-12-6-3-7-12/h4,8-9,11-12,14,16H,2-3,5-7,10H2,1H3. The topological polar surface area (TPSA) is 24.9 Å². The maximum Gasteiger partial charge on any atom is 0.0335 e. The number of hydrogen-bond acceptors (Lipinski definition) is 2. The van der Waals surface area contributed by atoms with Gasteiger partial charge in [0.1, 0.15) is 0 Å². The number of nitrogens with zero attached hydrogens (tertiary/aromatic N) is 1. The van der Waals surface area contributed by atoms with Gasteiger partial charge in [-0.1, -0.05) is 25.8 Å². The Hall–Kier alpha value is -0.890. The molecular weight excluding hydrogens is 196 g/mol. The van der Waals surface area contributed by atoms with Crippen LogP contribution in [0.1, 0.15) is 50.6 Å². The third kappa shape index (κ3) is 3.05. The molecule has 1 atom stereocenters. The molecule has 1 aliphatic carbocycles. The number of nitrogens with one attached hydrogen (secondary N) is 1. The first kappa shape index (κ1) is 11.6. The zero-order valence-corrected chi connectivity index (χ0v) is 10.2. The fourth-order valence-electron chi connectivity index (χ4n) is 2.26. The molecule has 1 aromatic rings. The van der Waals surface area contributed by atoms with Crippen molar-refractivity contribution in [3.63, 3.8) is 0 Å². The molecule has 1 fully saturated rings. The Morgan fingerprint density at radius 1 is 1.50 bits per heavy atom. The average Bonchev–Trinajstić information content (AvgIpc) is 2.27. The van der Waals surface area contributed by atoms with Crippen LogP contribution in [0.4, 0.5) is 0 Å². The Bertz CT molecular complexity index is 293. The van der Waals surface area contributed by atoms with E-state index in [1.165, 1.54) is 44.2 Å². The Balaban J connectivity index is 1.88. The van der Waals surface area contributed by atoms with Crippen molar-refractivity contribution >= 4 is 0 Å². The van der Waals surface area contributed by atoms with E-state index in [2.05, 4.69) is 23.3 Å². The summed E-state index contributed by atoms with van der Waals surface area (Å²) in [5, 5.41) is 3.70. The minimum Gasteiger partial charge on any atom is -0.310 e. The van der Waals surface area contributed by atoms with E-state index in [-0.39, 0.29) is 0 Å². The van der Waals surface area contributed by atoms with Gasteiger partial charge in [0.25, 0.3) is 0 Å². The van der Waals surface area contributed by atoms with Crippen LogP contribution in [0.25, 0.3) is 0 Å². The molecule has 2 nitrogen and oxygen atoms in total. The Labute approximate surface area is 98.5 Å². The first-order valence-electron chi connectivity index (χ1n) is 6.53. The predicted molar refractivity (Wildman–Crippen MR) is 67.2 cm³/mol. The lowest BCUT2D eigenvalue weighted by Gasteiger charge is -2.28. The second-order valence-corrected chi connectivity index (χ2v) is 4.83. The number of aromatic nitrogens is 1. The fourth-order valence-corrected chi connectivity index (χ4v) is 2.26. The highest BCUT2D eigenvalue weighted by Gasteiger charge is 2.19. The second kappa shape index (κ2) is 6.00. The Morgan fingerprint density at radius 3 is 2.94 bits per heavy atom. The van der Waals surface area contributed by atoms with Gasteiger partial charge in [0.2, 0.25) is 0 Å². The molecule has 0 radical (unpaired) electrons. The molecule has 1 aromatic heterocycles. The monoisotopic (exact) mass is 218 g/mol. The second-order valence-electron chi connectivity index (χ2n) is 4.83. The molecule has 0 bridgehead atoms. The summed E-state index contributed by atoms with van der Waals surface area (Å²) >= 11 is 0. The van der Waals surface area contributed by atoms with Gasteiger partial charge < -0.3 is 5.32 Å². The molecule has 2 heteroatoms. The van der Waals surface area contributed by atoms with Crippen LogP contribution in [0.3, 0.4) is 0 Å². The molecule has 1 N–H and O–H groups in total. The van der Waals surface area contributed by atoms with Crippen molar-refractivity contribution in [1.29, 1.82) is 0 Å². The highest BCUT2D eigenvalue weighted by molar-refractivity contribution is 5.13. The summed E-state index contributed by atoms with van der Waals surface area (Å²) in [6.45, 7) is 3.42. The Kier molecular flexibility index (Phi) is 4.34. The molecule has 1 unspecified atom stereocenters. The van der Waals surface area contributed by atoms with Crippen molar-refractivity contribution in [3.05, 3.63) is 30.1 Å². The van der Waals surface area contributed by atoms with Gasteiger partial charge in [-0.25, -0.2) is 0 Å². The summed E-state index contributed by atoms with van der Waals surface area (Å²) in [7, 11) is 0. The average molecular weight is 218 g/mol. The molecule has 16 heavy (non-hydrogen) atoms. The molecule has 2 rings (SSSR count). The van der Waals surface area contributed by atoms with E-state index in [1.807, 2.05) is 18.5 Å². The molecular formula is C14H22N2. The van der Waals surface area contributed by atoms with Crippen LogP contribution in [-0.4, -0.2) is 11.5 Å². The molecule has 0 saturated heterocycles. The van der Waals surface area contributed by atoms with Gasteiger partial charge in [-0.3, -0.25) is 4.98 Å². The van der Waals surface area contributed by atoms with Crippen molar-refractivity contribution in [1.82, 2.24) is 10.3 Å². The number of rotatable bonds is 6. The van der Waals surface area contributed by atoms with Crippen LogP contribution in [0, 0.1) is 5.92 Å². The van der Waals surface area contributed by atoms with E-state index in [0.717, 1.165) is 5.92 Å². The molecule has 0 spiro atoms. The van der Waals surface area contributed by atoms with Gasteiger partial charge in [0.15, 0.2) is 0 Å². The quantitative estimate of drug-likeness (QED) is 0.792. The maximum atomic E-state index is 4.21. The summed E-state index contributed by atoms with van der Waals surface area (Å²) in [6, 6.07) is 4.71. The largest absolute Gasteiger partial charge is 0.310 e. The van der Waals surface area contributed by atoms with Crippen molar-refractivity contribution < 1.29 is 0 Å². The first-order valence-corrected chi connectivity index (χ1v) is 6.53. The molecule has 1 saturated carbocycles. The number of hydrogen-bond donors (Lipinski definition) is 1. The summed E-state index contributed by atoms with van der Waals surface area (Å²) in [6.07, 6.45) is 10.5. The van der Waals surface area contributed by atoms with Gasteiger partial charge >= 0.3 is 0 Å². The summed E-state index contributed by atoms with van der Waals surface area (Å²) < 4.78 is 0. The minimum atomic E-state index is 0.499. The van der Waals surface area contributed by atoms with E-state index in [1.54, 1.807) is 0 Å². The fraction of sp³-hybridized carbons (Fsp3) is 0.643. The van der Waals surface area contributed by atoms with Gasteiger partial charge in [0, 0.05) is 18.4 Å². The summed E-state index contributed by atoms with van der Waals surface area (Å²) in [4.78, 5) is 4.21. The summed E-state index contributed by atoms with van der Waals surface area (Å²) in [5.74, 6) is 0.927. The highest BCUT2D eigenvalue weighted by Crippen LogP contribution is 2.27. The predicted octanol–water partition coefficient (Wildman–Crippen LogP) is 3.31. The number of pyridine rings is 1. The summed E-state index contributed by atoms with van der Waals surface area (Å²) in [5.41, 5.74) is 1.34. The van der Waals surface area contributed by atoms with Crippen LogP contribution in [0.2, 0.25) is 0 Å². The SMILES string of the molecule is CCCC(NCC1CCC1)c1cccnc1. The molecule has 0 aromatic carbocycles. The van der Waals surface area contributed by atoms with Gasteiger partial charge in [-0.05, 0) is 43.4 Å². The molecule has 0 aliphatic heterocycles. The first-order chi connectivity index (χ1) is 7.90. The molecule has 88 valence electrons. The lowest BCUT2D eigenvalue weighted by atomic mass is 9.85. The molecule has 1 aliphatic rings. The van der Waals surface area contributed by atoms with Gasteiger partial charge in [0.05, 0.1) is 0 Å². The smallest absolute Gasteiger partial charge is 0.0335 e. The van der Waals surface area contributed by atoms with Gasteiger partial charge in [-0.2, -0.15) is 0 Å². The van der Waals surface area contributed by atoms with Crippen molar-refractivity contribution in [2.75, 3.05) is 6.54 Å². The third-order valence-electron chi connectivity index (χ3n) is 3.54. The van der Waals surface area contributed by atoms with Crippen LogP contribution < -0.4 is 5.32 Å². The highest BCUT2D eigenvalue weighted by atomic mass is 14.9. The van der Waals surface area contributed by atoms with E-state index in [9.17, 15) is 0 Å². The lowest BCUT2D eigenvalue weighted by Crippen LogP contribution is -2.30. The maximum absolute atomic E-state index is 4.21. The van der Waals surface area contributed by atoms with Crippen LogP contribution in [0.5, 0.6) is 0 Å². The van der Waals surface area contributed by atoms with Crippen LogP contribution in [0.15, 0.2) is 24.5 Å². The zero-order chi connectivity index (χ0) is 11.2. The minimum absolute atomic E-state index is 0.499. The molecule has 1 heterocycles. The van der Waals surface area contributed by atoms with Crippen LogP contribution in [-0.2, 0) is 0 Å². The van der Waals surface area contributed by atoms with Crippen molar-refractivity contribution in [2.24, 2.45) is 5.92 Å². The van der Waals surface area contributed by atoms with Crippen LogP contribution >= 0.6 is 0 Å². The Morgan fingerprint density at radius 2 is 2.38 bits per heavy atom. The lowest BCUT2D eigenvalue weighted by molar-refractivity contribution is 0.286.